The van der Waals surface area contributed by atoms with Gasteiger partial charge in [0.05, 0.1) is 0 Å². The minimum Gasteiger partial charge on any atom is -0.508 e. The van der Waals surface area contributed by atoms with Crippen molar-refractivity contribution < 1.29 is 14.9 Å². The number of rotatable bonds is 1. The summed E-state index contributed by atoms with van der Waals surface area (Å²) in [6.07, 6.45) is 3.20. The lowest BCUT2D eigenvalue weighted by molar-refractivity contribution is 0.176. The van der Waals surface area contributed by atoms with Gasteiger partial charge in [-0.25, -0.2) is 0 Å². The van der Waals surface area contributed by atoms with Crippen LogP contribution in [0.5, 0.6) is 0 Å². The molecule has 1 aliphatic carbocycles. The van der Waals surface area contributed by atoms with Crippen molar-refractivity contribution in [2.45, 2.75) is 12.2 Å². The van der Waals surface area contributed by atoms with Crippen molar-refractivity contribution in [2.75, 3.05) is 0 Å². The van der Waals surface area contributed by atoms with E-state index in [2.05, 4.69) is 0 Å². The molecule has 94 valence electrons. The number of aliphatic hydroxyl groups excluding tert-OH is 2. The first-order valence-corrected chi connectivity index (χ1v) is 5.87. The summed E-state index contributed by atoms with van der Waals surface area (Å²) in [4.78, 5) is 0. The Morgan fingerprint density at radius 2 is 2.00 bits per heavy atom. The van der Waals surface area contributed by atoms with Crippen LogP contribution in [0, 0.1) is 11.3 Å². The molecular weight excluding hydrogens is 242 g/mol. The van der Waals surface area contributed by atoms with E-state index in [0.29, 0.717) is 5.22 Å². The summed E-state index contributed by atoms with van der Waals surface area (Å²) in [7, 11) is 0. The molecule has 1 aromatic carbocycles. The van der Waals surface area contributed by atoms with Crippen LogP contribution in [0.1, 0.15) is 0 Å². The van der Waals surface area contributed by atoms with Crippen molar-refractivity contribution in [3.8, 4) is 6.07 Å². The second-order valence-corrected chi connectivity index (χ2v) is 4.36. The van der Waals surface area contributed by atoms with Crippen molar-refractivity contribution in [3.63, 3.8) is 0 Å². The average Bonchev–Trinajstić information content (AvgIpc) is 2.46. The maximum absolute atomic E-state index is 9.75. The first-order chi connectivity index (χ1) is 9.20. The maximum atomic E-state index is 9.75. The Hall–Kier alpha value is -2.51. The SMILES string of the molecule is N#CC(O)C1=c2ccccc2=C2C=C(O)C=CC2O1. The fraction of sp³-hybridized carbons (Fsp3) is 0.133. The van der Waals surface area contributed by atoms with Crippen LogP contribution in [-0.2, 0) is 4.74 Å². The number of aliphatic hydroxyl groups is 2. The highest BCUT2D eigenvalue weighted by atomic mass is 16.5. The lowest BCUT2D eigenvalue weighted by atomic mass is 9.96. The van der Waals surface area contributed by atoms with Gasteiger partial charge in [-0.3, -0.25) is 0 Å². The molecule has 1 aliphatic heterocycles. The summed E-state index contributed by atoms with van der Waals surface area (Å²) in [5, 5.41) is 29.8. The molecule has 4 heteroatoms. The molecule has 0 bridgehead atoms. The van der Waals surface area contributed by atoms with E-state index < -0.39 is 6.10 Å². The molecule has 2 aliphatic rings. The third kappa shape index (κ3) is 1.81. The molecule has 0 amide bonds. The number of allylic oxidation sites excluding steroid dienone is 1. The Balaban J connectivity index is 2.38. The molecule has 3 rings (SSSR count). The zero-order chi connectivity index (χ0) is 13.4. The van der Waals surface area contributed by atoms with Crippen LogP contribution in [0.3, 0.4) is 0 Å². The van der Waals surface area contributed by atoms with Gasteiger partial charge in [0.15, 0.2) is 6.10 Å². The molecule has 19 heavy (non-hydrogen) atoms. The first-order valence-electron chi connectivity index (χ1n) is 5.87. The van der Waals surface area contributed by atoms with Gasteiger partial charge in [0, 0.05) is 10.8 Å². The van der Waals surface area contributed by atoms with E-state index in [9.17, 15) is 10.2 Å². The van der Waals surface area contributed by atoms with E-state index >= 15 is 0 Å². The topological polar surface area (TPSA) is 73.5 Å². The minimum absolute atomic E-state index is 0.161. The highest BCUT2D eigenvalue weighted by Crippen LogP contribution is 2.23. The van der Waals surface area contributed by atoms with E-state index in [1.807, 2.05) is 18.2 Å². The molecule has 0 saturated heterocycles. The summed E-state index contributed by atoms with van der Waals surface area (Å²) in [6.45, 7) is 0. The second kappa shape index (κ2) is 4.30. The molecule has 0 radical (unpaired) electrons. The lowest BCUT2D eigenvalue weighted by Crippen LogP contribution is -2.41. The van der Waals surface area contributed by atoms with Crippen molar-refractivity contribution in [1.29, 1.82) is 5.26 Å². The number of nitrogens with zero attached hydrogens (tertiary/aromatic N) is 1. The number of hydrogen-bond donors (Lipinski definition) is 2. The van der Waals surface area contributed by atoms with Crippen LogP contribution in [0.4, 0.5) is 0 Å². The normalized spacial score (nSPS) is 21.7. The minimum atomic E-state index is -1.30. The Kier molecular flexibility index (Phi) is 2.62. The Morgan fingerprint density at radius 1 is 1.26 bits per heavy atom. The van der Waals surface area contributed by atoms with Crippen molar-refractivity contribution in [3.05, 3.63) is 58.7 Å². The fourth-order valence-corrected chi connectivity index (χ4v) is 2.33. The predicted octanol–water partition coefficient (Wildman–Crippen LogP) is 0.240. The van der Waals surface area contributed by atoms with Crippen molar-refractivity contribution in [1.82, 2.24) is 0 Å². The monoisotopic (exact) mass is 253 g/mol. The number of nitriles is 1. The third-order valence-corrected chi connectivity index (χ3v) is 3.18. The Labute approximate surface area is 109 Å². The van der Waals surface area contributed by atoms with Crippen molar-refractivity contribution >= 4 is 11.3 Å². The molecule has 0 aromatic heterocycles. The summed E-state index contributed by atoms with van der Waals surface area (Å²) in [5.41, 5.74) is 0.824. The van der Waals surface area contributed by atoms with Gasteiger partial charge in [-0.1, -0.05) is 24.3 Å². The molecule has 0 saturated carbocycles. The molecule has 1 aromatic rings. The number of fused-ring (bicyclic) bond motifs is 2. The first kappa shape index (κ1) is 11.6. The Morgan fingerprint density at radius 3 is 2.74 bits per heavy atom. The summed E-state index contributed by atoms with van der Waals surface area (Å²) >= 11 is 0. The van der Waals surface area contributed by atoms with E-state index in [1.165, 1.54) is 0 Å². The average molecular weight is 253 g/mol. The van der Waals surface area contributed by atoms with Gasteiger partial charge in [0.1, 0.15) is 23.7 Å². The number of hydrogen-bond acceptors (Lipinski definition) is 4. The molecule has 2 atom stereocenters. The van der Waals surface area contributed by atoms with Crippen LogP contribution in [0.25, 0.3) is 11.3 Å². The summed E-state index contributed by atoms with van der Waals surface area (Å²) < 4.78 is 5.68. The van der Waals surface area contributed by atoms with Crippen molar-refractivity contribution in [2.24, 2.45) is 0 Å². The standard InChI is InChI=1S/C15H11NO3/c16-8-13(18)15-11-4-2-1-3-10(11)12-7-9(17)5-6-14(12)19-15/h1-7,13-14,17-18H. The van der Waals surface area contributed by atoms with Crippen LogP contribution in [-0.4, -0.2) is 22.4 Å². The van der Waals surface area contributed by atoms with Gasteiger partial charge in [-0.2, -0.15) is 5.26 Å². The van der Waals surface area contributed by atoms with Gasteiger partial charge < -0.3 is 14.9 Å². The molecule has 1 heterocycles. The second-order valence-electron chi connectivity index (χ2n) is 4.36. The van der Waals surface area contributed by atoms with E-state index in [-0.39, 0.29) is 17.6 Å². The number of ether oxygens (including phenoxy) is 1. The fourth-order valence-electron chi connectivity index (χ4n) is 2.33. The van der Waals surface area contributed by atoms with Gasteiger partial charge in [-0.05, 0) is 23.4 Å². The molecule has 0 fully saturated rings. The lowest BCUT2D eigenvalue weighted by Gasteiger charge is -2.26. The van der Waals surface area contributed by atoms with E-state index in [0.717, 1.165) is 10.8 Å². The smallest absolute Gasteiger partial charge is 0.198 e. The number of benzene rings is 1. The van der Waals surface area contributed by atoms with Gasteiger partial charge in [-0.15, -0.1) is 0 Å². The van der Waals surface area contributed by atoms with Crippen LogP contribution in [0.15, 0.2) is 48.3 Å². The Bertz CT molecular complexity index is 752. The zero-order valence-electron chi connectivity index (χ0n) is 9.95. The van der Waals surface area contributed by atoms with Gasteiger partial charge in [0.2, 0.25) is 0 Å². The van der Waals surface area contributed by atoms with Crippen LogP contribution in [0.2, 0.25) is 0 Å². The largest absolute Gasteiger partial charge is 0.508 e. The van der Waals surface area contributed by atoms with Crippen LogP contribution < -0.4 is 10.4 Å². The molecule has 0 spiro atoms. The summed E-state index contributed by atoms with van der Waals surface area (Å²) in [6, 6.07) is 9.13. The van der Waals surface area contributed by atoms with E-state index in [4.69, 9.17) is 10.00 Å². The molecule has 2 unspecified atom stereocenters. The molecular formula is C15H11NO3. The quantitative estimate of drug-likeness (QED) is 0.703. The molecule has 4 nitrogen and oxygen atoms in total. The molecule has 2 N–H and O–H groups in total. The third-order valence-electron chi connectivity index (χ3n) is 3.18. The predicted molar refractivity (Wildman–Crippen MR) is 68.9 cm³/mol. The highest BCUT2D eigenvalue weighted by molar-refractivity contribution is 5.70. The highest BCUT2D eigenvalue weighted by Gasteiger charge is 2.26. The van der Waals surface area contributed by atoms with E-state index in [1.54, 1.807) is 30.4 Å². The summed E-state index contributed by atoms with van der Waals surface area (Å²) in [5.74, 6) is 0.417. The zero-order valence-corrected chi connectivity index (χ0v) is 9.95. The van der Waals surface area contributed by atoms with Gasteiger partial charge in [0.25, 0.3) is 0 Å². The maximum Gasteiger partial charge on any atom is 0.198 e. The van der Waals surface area contributed by atoms with Gasteiger partial charge >= 0.3 is 0 Å². The van der Waals surface area contributed by atoms with Crippen LogP contribution >= 0.6 is 0 Å².